The van der Waals surface area contributed by atoms with Crippen molar-refractivity contribution in [2.24, 2.45) is 11.3 Å². The molecule has 1 N–H and O–H groups in total. The van der Waals surface area contributed by atoms with Gasteiger partial charge in [0.15, 0.2) is 5.76 Å². The second-order valence-corrected chi connectivity index (χ2v) is 10.6. The maximum atomic E-state index is 13.5. The van der Waals surface area contributed by atoms with E-state index >= 15 is 0 Å². The molecule has 7 heteroatoms. The Bertz CT molecular complexity index is 918. The predicted octanol–water partition coefficient (Wildman–Crippen LogP) is 4.13. The fourth-order valence-electron chi connectivity index (χ4n) is 4.38. The minimum atomic E-state index is -0.307. The highest BCUT2D eigenvalue weighted by Gasteiger charge is 2.35. The van der Waals surface area contributed by atoms with Crippen LogP contribution in [0.1, 0.15) is 58.5 Å². The summed E-state index contributed by atoms with van der Waals surface area (Å²) < 4.78 is 5.25. The molecule has 3 heterocycles. The van der Waals surface area contributed by atoms with Crippen molar-refractivity contribution >= 4 is 28.2 Å². The highest BCUT2D eigenvalue weighted by Crippen LogP contribution is 2.44. The largest absolute Gasteiger partial charge is 0.459 e. The van der Waals surface area contributed by atoms with Crippen LogP contribution >= 0.6 is 11.3 Å². The van der Waals surface area contributed by atoms with Crippen molar-refractivity contribution in [2.75, 3.05) is 38.5 Å². The van der Waals surface area contributed by atoms with Gasteiger partial charge in [0, 0.05) is 31.1 Å². The SMILES string of the molecule is CN1CCN(C(=O)c2c(NC(=O)c3ccco3)sc3c2CC[C@@H](C(C)(C)C)C3)CC1. The predicted molar refractivity (Wildman–Crippen MR) is 119 cm³/mol. The molecule has 0 saturated carbocycles. The Balaban J connectivity index is 1.66. The van der Waals surface area contributed by atoms with Crippen LogP contribution in [0.2, 0.25) is 0 Å². The average Bonchev–Trinajstić information content (AvgIpc) is 3.34. The number of furan rings is 1. The van der Waals surface area contributed by atoms with Crippen LogP contribution in [0.3, 0.4) is 0 Å². The van der Waals surface area contributed by atoms with E-state index in [2.05, 4.69) is 38.0 Å². The van der Waals surface area contributed by atoms with Gasteiger partial charge in [-0.15, -0.1) is 11.3 Å². The standard InChI is InChI=1S/C23H31N3O3S/c1-23(2,3)15-7-8-16-18(14-15)30-21(24-20(27)17-6-5-13-29-17)19(16)22(28)26-11-9-25(4)10-12-26/h5-6,13,15H,7-12,14H2,1-4H3,(H,24,27)/t15-/m1/s1. The highest BCUT2D eigenvalue weighted by atomic mass is 32.1. The topological polar surface area (TPSA) is 65.8 Å². The molecule has 1 saturated heterocycles. The van der Waals surface area contributed by atoms with E-state index in [4.69, 9.17) is 4.42 Å². The van der Waals surface area contributed by atoms with E-state index in [1.165, 1.54) is 11.1 Å². The Kier molecular flexibility index (Phi) is 5.77. The zero-order valence-corrected chi connectivity index (χ0v) is 19.1. The van der Waals surface area contributed by atoms with Crippen LogP contribution in [-0.2, 0) is 12.8 Å². The van der Waals surface area contributed by atoms with Crippen LogP contribution < -0.4 is 5.32 Å². The maximum absolute atomic E-state index is 13.5. The third-order valence-electron chi connectivity index (χ3n) is 6.47. The summed E-state index contributed by atoms with van der Waals surface area (Å²) in [6.45, 7) is 10.0. The van der Waals surface area contributed by atoms with E-state index in [0.29, 0.717) is 16.5 Å². The fraction of sp³-hybridized carbons (Fsp3) is 0.565. The number of carbonyl (C=O) groups excluding carboxylic acids is 2. The van der Waals surface area contributed by atoms with E-state index in [0.717, 1.165) is 51.0 Å². The monoisotopic (exact) mass is 429 g/mol. The number of nitrogens with zero attached hydrogens (tertiary/aromatic N) is 2. The van der Waals surface area contributed by atoms with Crippen molar-refractivity contribution in [1.29, 1.82) is 0 Å². The van der Waals surface area contributed by atoms with Gasteiger partial charge in [0.1, 0.15) is 5.00 Å². The number of piperazine rings is 1. The van der Waals surface area contributed by atoms with E-state index < -0.39 is 0 Å². The van der Waals surface area contributed by atoms with Gasteiger partial charge >= 0.3 is 0 Å². The number of amides is 2. The normalized spacial score (nSPS) is 20.1. The number of carbonyl (C=O) groups is 2. The van der Waals surface area contributed by atoms with Crippen molar-refractivity contribution in [2.45, 2.75) is 40.0 Å². The number of likely N-dealkylation sites (N-methyl/N-ethyl adjacent to an activating group) is 1. The minimum Gasteiger partial charge on any atom is -0.459 e. The van der Waals surface area contributed by atoms with Gasteiger partial charge in [0.2, 0.25) is 0 Å². The number of hydrogen-bond donors (Lipinski definition) is 1. The van der Waals surface area contributed by atoms with Crippen molar-refractivity contribution in [3.8, 4) is 0 Å². The Morgan fingerprint density at radius 2 is 1.93 bits per heavy atom. The fourth-order valence-corrected chi connectivity index (χ4v) is 5.69. The number of hydrogen-bond acceptors (Lipinski definition) is 5. The zero-order chi connectivity index (χ0) is 21.5. The van der Waals surface area contributed by atoms with Crippen LogP contribution in [0.25, 0.3) is 0 Å². The van der Waals surface area contributed by atoms with Crippen LogP contribution in [-0.4, -0.2) is 54.8 Å². The minimum absolute atomic E-state index is 0.0459. The molecule has 1 aliphatic carbocycles. The molecule has 0 spiro atoms. The average molecular weight is 430 g/mol. The summed E-state index contributed by atoms with van der Waals surface area (Å²) in [5.41, 5.74) is 2.06. The Morgan fingerprint density at radius 3 is 2.57 bits per heavy atom. The van der Waals surface area contributed by atoms with Crippen LogP contribution in [0, 0.1) is 11.3 Å². The Morgan fingerprint density at radius 1 is 1.20 bits per heavy atom. The quantitative estimate of drug-likeness (QED) is 0.797. The van der Waals surface area contributed by atoms with Crippen molar-refractivity contribution in [3.05, 3.63) is 40.2 Å². The van der Waals surface area contributed by atoms with Crippen molar-refractivity contribution in [1.82, 2.24) is 9.80 Å². The summed E-state index contributed by atoms with van der Waals surface area (Å²) in [7, 11) is 2.08. The van der Waals surface area contributed by atoms with Crippen LogP contribution in [0.15, 0.2) is 22.8 Å². The van der Waals surface area contributed by atoms with E-state index in [-0.39, 0.29) is 23.0 Å². The second kappa shape index (κ2) is 8.19. The molecule has 30 heavy (non-hydrogen) atoms. The van der Waals surface area contributed by atoms with Crippen LogP contribution in [0.4, 0.5) is 5.00 Å². The lowest BCUT2D eigenvalue weighted by Crippen LogP contribution is -2.47. The lowest BCUT2D eigenvalue weighted by atomic mass is 9.72. The maximum Gasteiger partial charge on any atom is 0.291 e. The number of rotatable bonds is 3. The smallest absolute Gasteiger partial charge is 0.291 e. The lowest BCUT2D eigenvalue weighted by Gasteiger charge is -2.35. The third kappa shape index (κ3) is 4.18. The molecule has 1 fully saturated rings. The molecule has 162 valence electrons. The van der Waals surface area contributed by atoms with Gasteiger partial charge < -0.3 is 19.5 Å². The zero-order valence-electron chi connectivity index (χ0n) is 18.3. The Hall–Kier alpha value is -2.12. The molecule has 0 aromatic carbocycles. The lowest BCUT2D eigenvalue weighted by molar-refractivity contribution is 0.0664. The molecule has 0 bridgehead atoms. The van der Waals surface area contributed by atoms with Gasteiger partial charge in [-0.25, -0.2) is 0 Å². The molecule has 1 aliphatic heterocycles. The molecule has 1 atom stereocenters. The summed E-state index contributed by atoms with van der Waals surface area (Å²) in [5.74, 6) is 0.568. The van der Waals surface area contributed by atoms with Gasteiger partial charge in [-0.1, -0.05) is 20.8 Å². The molecule has 2 aromatic heterocycles. The summed E-state index contributed by atoms with van der Waals surface area (Å²) in [5, 5.41) is 3.65. The van der Waals surface area contributed by atoms with Gasteiger partial charge in [-0.05, 0) is 55.3 Å². The first-order valence-electron chi connectivity index (χ1n) is 10.7. The summed E-state index contributed by atoms with van der Waals surface area (Å²) >= 11 is 1.57. The van der Waals surface area contributed by atoms with Crippen molar-refractivity contribution < 1.29 is 14.0 Å². The number of thiophene rings is 1. The van der Waals surface area contributed by atoms with Crippen molar-refractivity contribution in [3.63, 3.8) is 0 Å². The van der Waals surface area contributed by atoms with Gasteiger partial charge in [0.25, 0.3) is 11.8 Å². The molecular weight excluding hydrogens is 398 g/mol. The highest BCUT2D eigenvalue weighted by molar-refractivity contribution is 7.17. The van der Waals surface area contributed by atoms with E-state index in [9.17, 15) is 9.59 Å². The van der Waals surface area contributed by atoms with Gasteiger partial charge in [0.05, 0.1) is 11.8 Å². The first kappa shape index (κ1) is 21.1. The Labute approximate surface area is 182 Å². The first-order valence-corrected chi connectivity index (χ1v) is 11.5. The van der Waals surface area contributed by atoms with Gasteiger partial charge in [-0.3, -0.25) is 9.59 Å². The molecule has 2 aliphatic rings. The summed E-state index contributed by atoms with van der Waals surface area (Å²) in [6, 6.07) is 3.33. The molecule has 2 amide bonds. The van der Waals surface area contributed by atoms with Gasteiger partial charge in [-0.2, -0.15) is 0 Å². The second-order valence-electron chi connectivity index (χ2n) is 9.54. The van der Waals surface area contributed by atoms with E-state index in [1.807, 2.05) is 4.90 Å². The molecular formula is C23H31N3O3S. The number of anilines is 1. The van der Waals surface area contributed by atoms with Crippen LogP contribution in [0.5, 0.6) is 0 Å². The molecule has 0 unspecified atom stereocenters. The summed E-state index contributed by atoms with van der Waals surface area (Å²) in [4.78, 5) is 31.6. The summed E-state index contributed by atoms with van der Waals surface area (Å²) in [6.07, 6.45) is 4.41. The molecule has 0 radical (unpaired) electrons. The number of nitrogens with one attached hydrogen (secondary N) is 1. The number of fused-ring (bicyclic) bond motifs is 1. The molecule has 2 aromatic rings. The molecule has 4 rings (SSSR count). The first-order chi connectivity index (χ1) is 14.2. The third-order valence-corrected chi connectivity index (χ3v) is 7.64. The van der Waals surface area contributed by atoms with E-state index in [1.54, 1.807) is 23.5 Å². The molecule has 6 nitrogen and oxygen atoms in total.